The molecule has 2 atom stereocenters. The van der Waals surface area contributed by atoms with Gasteiger partial charge in [-0.2, -0.15) is 0 Å². The predicted molar refractivity (Wildman–Crippen MR) is 121 cm³/mol. The fraction of sp³-hybridized carbons (Fsp3) is 0.240. The molecule has 3 aromatic rings. The number of carbonyl (C=O) groups is 2. The summed E-state index contributed by atoms with van der Waals surface area (Å²) in [6.07, 6.45) is 3.79. The Morgan fingerprint density at radius 2 is 1.84 bits per heavy atom. The summed E-state index contributed by atoms with van der Waals surface area (Å²) in [5, 5.41) is 3.51. The summed E-state index contributed by atoms with van der Waals surface area (Å²) in [4.78, 5) is 31.7. The van der Waals surface area contributed by atoms with Gasteiger partial charge < -0.3 is 15.0 Å². The number of benzene rings is 2. The highest BCUT2D eigenvalue weighted by Crippen LogP contribution is 2.32. The Bertz CT molecular complexity index is 1150. The molecule has 0 saturated carbocycles. The van der Waals surface area contributed by atoms with Gasteiger partial charge in [0.1, 0.15) is 11.8 Å². The van der Waals surface area contributed by atoms with Crippen LogP contribution in [0.15, 0.2) is 67.0 Å². The first-order valence-corrected chi connectivity index (χ1v) is 11.0. The molecule has 0 aliphatic carbocycles. The molecule has 1 fully saturated rings. The third-order valence-electron chi connectivity index (χ3n) is 5.98. The molecular formula is C25H22ClN3O3. The van der Waals surface area contributed by atoms with Crippen LogP contribution < -0.4 is 10.1 Å². The van der Waals surface area contributed by atoms with Gasteiger partial charge in [0.2, 0.25) is 5.91 Å². The quantitative estimate of drug-likeness (QED) is 0.666. The van der Waals surface area contributed by atoms with Crippen LogP contribution in [0, 0.1) is 0 Å². The molecule has 2 amide bonds. The van der Waals surface area contributed by atoms with Gasteiger partial charge >= 0.3 is 0 Å². The van der Waals surface area contributed by atoms with E-state index in [9.17, 15) is 9.59 Å². The Morgan fingerprint density at radius 3 is 2.62 bits per heavy atom. The third kappa shape index (κ3) is 4.06. The first kappa shape index (κ1) is 20.5. The summed E-state index contributed by atoms with van der Waals surface area (Å²) in [6, 6.07) is 16.8. The van der Waals surface area contributed by atoms with Gasteiger partial charge in [0, 0.05) is 43.3 Å². The van der Waals surface area contributed by atoms with Crippen molar-refractivity contribution in [1.82, 2.24) is 15.2 Å². The molecule has 0 bridgehead atoms. The number of pyridine rings is 1. The van der Waals surface area contributed by atoms with Crippen molar-refractivity contribution in [2.24, 2.45) is 0 Å². The van der Waals surface area contributed by atoms with E-state index in [1.165, 1.54) is 0 Å². The Morgan fingerprint density at radius 1 is 1.09 bits per heavy atom. The van der Waals surface area contributed by atoms with Gasteiger partial charge in [-0.05, 0) is 52.6 Å². The van der Waals surface area contributed by atoms with E-state index < -0.39 is 12.1 Å². The molecule has 2 aliphatic heterocycles. The second kappa shape index (κ2) is 8.63. The molecule has 1 aromatic heterocycles. The van der Waals surface area contributed by atoms with E-state index in [-0.39, 0.29) is 11.8 Å². The molecule has 1 saturated heterocycles. The van der Waals surface area contributed by atoms with Crippen LogP contribution in [0.5, 0.6) is 5.75 Å². The minimum absolute atomic E-state index is 0.138. The fourth-order valence-corrected chi connectivity index (χ4v) is 4.52. The summed E-state index contributed by atoms with van der Waals surface area (Å²) in [5.41, 5.74) is 4.07. The van der Waals surface area contributed by atoms with Crippen molar-refractivity contribution in [1.29, 1.82) is 0 Å². The first-order chi connectivity index (χ1) is 15.6. The highest BCUT2D eigenvalue weighted by atomic mass is 35.5. The van der Waals surface area contributed by atoms with Gasteiger partial charge in [-0.3, -0.25) is 14.6 Å². The zero-order valence-corrected chi connectivity index (χ0v) is 18.1. The van der Waals surface area contributed by atoms with E-state index in [4.69, 9.17) is 16.3 Å². The normalized spacial score (nSPS) is 19.8. The Kier molecular flexibility index (Phi) is 5.53. The standard InChI is InChI=1S/C25H22ClN3O3/c26-20-5-6-22-19(14-20)15-23(32-22)25(31)29-12-11-28-24(30)21(29)13-16-1-3-17(4-2-16)18-7-9-27-10-8-18/h1-10,14,21,23H,11-13,15H2,(H,28,30)/t21-,23-/m0/s1. The minimum atomic E-state index is -0.633. The number of fused-ring (bicyclic) bond motifs is 1. The zero-order valence-electron chi connectivity index (χ0n) is 17.3. The summed E-state index contributed by atoms with van der Waals surface area (Å²) >= 11 is 6.08. The van der Waals surface area contributed by atoms with E-state index >= 15 is 0 Å². The summed E-state index contributed by atoms with van der Waals surface area (Å²) < 4.78 is 5.89. The minimum Gasteiger partial charge on any atom is -0.480 e. The molecule has 2 aliphatic rings. The number of rotatable bonds is 4. The van der Waals surface area contributed by atoms with E-state index in [0.717, 1.165) is 22.3 Å². The number of piperazine rings is 1. The van der Waals surface area contributed by atoms with E-state index in [2.05, 4.69) is 10.3 Å². The van der Waals surface area contributed by atoms with Gasteiger partial charge in [0.05, 0.1) is 0 Å². The monoisotopic (exact) mass is 447 g/mol. The van der Waals surface area contributed by atoms with Gasteiger partial charge in [-0.15, -0.1) is 0 Å². The SMILES string of the molecule is O=C1NCCN(C(=O)[C@@H]2Cc3cc(Cl)ccc3O2)[C@H]1Cc1ccc(-c2ccncc2)cc1. The van der Waals surface area contributed by atoms with Crippen LogP contribution >= 0.6 is 11.6 Å². The number of halogens is 1. The Labute approximate surface area is 191 Å². The maximum atomic E-state index is 13.3. The van der Waals surface area contributed by atoms with Gasteiger partial charge in [0.15, 0.2) is 6.10 Å². The van der Waals surface area contributed by atoms with Crippen molar-refractivity contribution in [3.8, 4) is 16.9 Å². The highest BCUT2D eigenvalue weighted by molar-refractivity contribution is 6.30. The Hall–Kier alpha value is -3.38. The first-order valence-electron chi connectivity index (χ1n) is 10.6. The van der Waals surface area contributed by atoms with Crippen LogP contribution in [0.4, 0.5) is 0 Å². The van der Waals surface area contributed by atoms with Gasteiger partial charge in [0.25, 0.3) is 5.91 Å². The van der Waals surface area contributed by atoms with Crippen molar-refractivity contribution >= 4 is 23.4 Å². The summed E-state index contributed by atoms with van der Waals surface area (Å²) in [5.74, 6) is 0.379. The van der Waals surface area contributed by atoms with Crippen LogP contribution in [0.1, 0.15) is 11.1 Å². The van der Waals surface area contributed by atoms with Gasteiger partial charge in [-0.1, -0.05) is 35.9 Å². The maximum Gasteiger partial charge on any atom is 0.264 e. The lowest BCUT2D eigenvalue weighted by Crippen LogP contribution is -2.60. The molecule has 32 heavy (non-hydrogen) atoms. The van der Waals surface area contributed by atoms with Crippen molar-refractivity contribution in [2.75, 3.05) is 13.1 Å². The molecule has 162 valence electrons. The van der Waals surface area contributed by atoms with Crippen LogP contribution in [0.3, 0.4) is 0 Å². The number of hydrogen-bond acceptors (Lipinski definition) is 4. The second-order valence-electron chi connectivity index (χ2n) is 8.04. The van der Waals surface area contributed by atoms with Crippen molar-refractivity contribution in [3.05, 3.63) is 83.1 Å². The number of nitrogens with zero attached hydrogens (tertiary/aromatic N) is 2. The smallest absolute Gasteiger partial charge is 0.264 e. The van der Waals surface area contributed by atoms with Gasteiger partial charge in [-0.25, -0.2) is 0 Å². The molecule has 6 nitrogen and oxygen atoms in total. The molecule has 1 N–H and O–H groups in total. The van der Waals surface area contributed by atoms with Crippen LogP contribution in [0.2, 0.25) is 5.02 Å². The van der Waals surface area contributed by atoms with Crippen LogP contribution in [-0.2, 0) is 22.4 Å². The number of carbonyl (C=O) groups excluding carboxylic acids is 2. The molecule has 2 aromatic carbocycles. The van der Waals surface area contributed by atoms with Crippen LogP contribution in [0.25, 0.3) is 11.1 Å². The lowest BCUT2D eigenvalue weighted by Gasteiger charge is -2.36. The molecule has 5 rings (SSSR count). The average molecular weight is 448 g/mol. The van der Waals surface area contributed by atoms with E-state index in [1.54, 1.807) is 29.4 Å². The largest absolute Gasteiger partial charge is 0.480 e. The number of ether oxygens (including phenoxy) is 1. The molecule has 7 heteroatoms. The lowest BCUT2D eigenvalue weighted by atomic mass is 9.98. The maximum absolute atomic E-state index is 13.3. The molecule has 0 unspecified atom stereocenters. The number of hydrogen-bond donors (Lipinski definition) is 1. The summed E-state index contributed by atoms with van der Waals surface area (Å²) in [7, 11) is 0. The summed E-state index contributed by atoms with van der Waals surface area (Å²) in [6.45, 7) is 0.898. The zero-order chi connectivity index (χ0) is 22.1. The predicted octanol–water partition coefficient (Wildman–Crippen LogP) is 3.28. The fourth-order valence-electron chi connectivity index (χ4n) is 4.32. The highest BCUT2D eigenvalue weighted by Gasteiger charge is 2.39. The average Bonchev–Trinajstić information content (AvgIpc) is 3.24. The van der Waals surface area contributed by atoms with E-state index in [0.29, 0.717) is 36.7 Å². The molecule has 3 heterocycles. The Balaban J connectivity index is 1.32. The number of aromatic nitrogens is 1. The van der Waals surface area contributed by atoms with E-state index in [1.807, 2.05) is 42.5 Å². The van der Waals surface area contributed by atoms with Crippen molar-refractivity contribution in [2.45, 2.75) is 25.0 Å². The molecule has 0 spiro atoms. The van der Waals surface area contributed by atoms with Crippen molar-refractivity contribution < 1.29 is 14.3 Å². The number of amides is 2. The van der Waals surface area contributed by atoms with Crippen LogP contribution in [-0.4, -0.2) is 46.9 Å². The molecular weight excluding hydrogens is 426 g/mol. The molecule has 0 radical (unpaired) electrons. The second-order valence-corrected chi connectivity index (χ2v) is 8.47. The third-order valence-corrected chi connectivity index (χ3v) is 6.22. The number of nitrogens with one attached hydrogen (secondary N) is 1. The lowest BCUT2D eigenvalue weighted by molar-refractivity contribution is -0.147. The van der Waals surface area contributed by atoms with Crippen molar-refractivity contribution in [3.63, 3.8) is 0 Å². The topological polar surface area (TPSA) is 71.5 Å².